The highest BCUT2D eigenvalue weighted by Crippen LogP contribution is 2.27. The maximum atomic E-state index is 6.35. The van der Waals surface area contributed by atoms with Gasteiger partial charge >= 0.3 is 0 Å². The zero-order valence-electron chi connectivity index (χ0n) is 11.8. The summed E-state index contributed by atoms with van der Waals surface area (Å²) in [5.74, 6) is 0. The summed E-state index contributed by atoms with van der Waals surface area (Å²) in [6, 6.07) is 18.2. The molecule has 0 aliphatic rings. The average Bonchev–Trinajstić information content (AvgIpc) is 3.00. The van der Waals surface area contributed by atoms with E-state index >= 15 is 0 Å². The van der Waals surface area contributed by atoms with E-state index in [9.17, 15) is 0 Å². The van der Waals surface area contributed by atoms with E-state index in [4.69, 9.17) is 11.6 Å². The molecule has 0 unspecified atom stereocenters. The molecule has 1 aromatic heterocycles. The molecule has 1 N–H and O–H groups in total. The lowest BCUT2D eigenvalue weighted by atomic mass is 10.1. The molecule has 0 amide bonds. The highest BCUT2D eigenvalue weighted by molar-refractivity contribution is 6.31. The zero-order valence-corrected chi connectivity index (χ0v) is 12.5. The molecule has 21 heavy (non-hydrogen) atoms. The second kappa shape index (κ2) is 6.12. The fraction of sp³-hybridized carbons (Fsp3) is 0.118. The molecule has 3 nitrogen and oxygen atoms in total. The van der Waals surface area contributed by atoms with E-state index < -0.39 is 0 Å². The second-order valence-electron chi connectivity index (χ2n) is 4.80. The van der Waals surface area contributed by atoms with Crippen LogP contribution in [0.3, 0.4) is 0 Å². The van der Waals surface area contributed by atoms with Gasteiger partial charge in [-0.15, -0.1) is 0 Å². The number of nitrogens with one attached hydrogen (secondary N) is 1. The Morgan fingerprint density at radius 1 is 1.10 bits per heavy atom. The summed E-state index contributed by atoms with van der Waals surface area (Å²) in [5, 5.41) is 8.29. The molecule has 0 spiro atoms. The first-order valence-corrected chi connectivity index (χ1v) is 7.20. The average molecular weight is 298 g/mol. The number of hydrogen-bond acceptors (Lipinski definition) is 2. The molecule has 3 aromatic rings. The maximum Gasteiger partial charge on any atom is 0.0741 e. The summed E-state index contributed by atoms with van der Waals surface area (Å²) in [7, 11) is 1.91. The van der Waals surface area contributed by atoms with Crippen molar-refractivity contribution in [2.45, 2.75) is 6.54 Å². The van der Waals surface area contributed by atoms with Crippen molar-refractivity contribution in [3.8, 4) is 16.9 Å². The Kier molecular flexibility index (Phi) is 4.04. The van der Waals surface area contributed by atoms with Gasteiger partial charge in [0, 0.05) is 17.1 Å². The Bertz CT molecular complexity index is 735. The Morgan fingerprint density at radius 2 is 1.90 bits per heavy atom. The minimum atomic E-state index is 0.761. The van der Waals surface area contributed by atoms with Crippen LogP contribution >= 0.6 is 11.6 Å². The van der Waals surface area contributed by atoms with Gasteiger partial charge in [0.2, 0.25) is 0 Å². The van der Waals surface area contributed by atoms with Crippen LogP contribution in [0.15, 0.2) is 60.8 Å². The molecule has 0 saturated heterocycles. The highest BCUT2D eigenvalue weighted by atomic mass is 35.5. The molecular formula is C17H16ClN3. The summed E-state index contributed by atoms with van der Waals surface area (Å²) in [6.07, 6.45) is 1.80. The van der Waals surface area contributed by atoms with Crippen LogP contribution in [0.2, 0.25) is 5.02 Å². The Morgan fingerprint density at radius 3 is 2.62 bits per heavy atom. The SMILES string of the molecule is CNCc1ccc(-c2ccnn2-c2ccccc2)cc1Cl. The molecule has 0 bridgehead atoms. The standard InChI is InChI=1S/C17H16ClN3/c1-19-12-14-8-7-13(11-16(14)18)17-9-10-20-21(17)15-5-3-2-4-6-15/h2-11,19H,12H2,1H3. The topological polar surface area (TPSA) is 29.9 Å². The number of nitrogens with zero attached hydrogens (tertiary/aromatic N) is 2. The van der Waals surface area contributed by atoms with E-state index in [0.717, 1.165) is 34.1 Å². The molecule has 3 rings (SSSR count). The lowest BCUT2D eigenvalue weighted by Crippen LogP contribution is -2.05. The van der Waals surface area contributed by atoms with Crippen molar-refractivity contribution < 1.29 is 0 Å². The lowest BCUT2D eigenvalue weighted by Gasteiger charge is -2.10. The third-order valence-corrected chi connectivity index (χ3v) is 3.71. The van der Waals surface area contributed by atoms with Gasteiger partial charge in [0.25, 0.3) is 0 Å². The molecule has 0 fully saturated rings. The van der Waals surface area contributed by atoms with Crippen molar-refractivity contribution >= 4 is 11.6 Å². The summed E-state index contributed by atoms with van der Waals surface area (Å²) >= 11 is 6.35. The Balaban J connectivity index is 2.03. The van der Waals surface area contributed by atoms with Crippen LogP contribution in [0.1, 0.15) is 5.56 Å². The third-order valence-electron chi connectivity index (χ3n) is 3.36. The maximum absolute atomic E-state index is 6.35. The fourth-order valence-electron chi connectivity index (χ4n) is 2.34. The smallest absolute Gasteiger partial charge is 0.0741 e. The van der Waals surface area contributed by atoms with Crippen molar-refractivity contribution in [2.24, 2.45) is 0 Å². The molecule has 0 aliphatic heterocycles. The molecule has 106 valence electrons. The van der Waals surface area contributed by atoms with Crippen LogP contribution < -0.4 is 5.32 Å². The van der Waals surface area contributed by atoms with Gasteiger partial charge in [-0.05, 0) is 36.9 Å². The fourth-order valence-corrected chi connectivity index (χ4v) is 2.58. The first kappa shape index (κ1) is 13.9. The molecule has 0 radical (unpaired) electrons. The largest absolute Gasteiger partial charge is 0.316 e. The molecule has 0 aliphatic carbocycles. The minimum absolute atomic E-state index is 0.761. The predicted octanol–water partition coefficient (Wildman–Crippen LogP) is 3.91. The molecule has 2 aromatic carbocycles. The van der Waals surface area contributed by atoms with E-state index in [1.807, 2.05) is 54.2 Å². The Labute approximate surface area is 129 Å². The van der Waals surface area contributed by atoms with E-state index in [0.29, 0.717) is 0 Å². The normalized spacial score (nSPS) is 10.8. The van der Waals surface area contributed by atoms with Crippen LogP contribution in [0.5, 0.6) is 0 Å². The van der Waals surface area contributed by atoms with Crippen LogP contribution in [0.25, 0.3) is 16.9 Å². The quantitative estimate of drug-likeness (QED) is 0.791. The van der Waals surface area contributed by atoms with Gasteiger partial charge in [0.15, 0.2) is 0 Å². The minimum Gasteiger partial charge on any atom is -0.316 e. The first-order valence-electron chi connectivity index (χ1n) is 6.82. The number of halogens is 1. The van der Waals surface area contributed by atoms with Crippen molar-refractivity contribution in [2.75, 3.05) is 7.05 Å². The van der Waals surface area contributed by atoms with E-state index in [-0.39, 0.29) is 0 Å². The van der Waals surface area contributed by atoms with E-state index in [2.05, 4.69) is 22.5 Å². The lowest BCUT2D eigenvalue weighted by molar-refractivity contribution is 0.818. The number of hydrogen-bond donors (Lipinski definition) is 1. The van der Waals surface area contributed by atoms with Crippen molar-refractivity contribution in [3.05, 3.63) is 71.4 Å². The summed E-state index contributed by atoms with van der Waals surface area (Å²) < 4.78 is 1.92. The number of aromatic nitrogens is 2. The third kappa shape index (κ3) is 2.84. The van der Waals surface area contributed by atoms with Crippen LogP contribution in [-0.4, -0.2) is 16.8 Å². The number of rotatable bonds is 4. The second-order valence-corrected chi connectivity index (χ2v) is 5.21. The van der Waals surface area contributed by atoms with Crippen molar-refractivity contribution in [3.63, 3.8) is 0 Å². The van der Waals surface area contributed by atoms with Gasteiger partial charge in [-0.3, -0.25) is 0 Å². The summed E-state index contributed by atoms with van der Waals surface area (Å²) in [4.78, 5) is 0. The van der Waals surface area contributed by atoms with Crippen molar-refractivity contribution in [1.29, 1.82) is 0 Å². The van der Waals surface area contributed by atoms with Gasteiger partial charge in [-0.1, -0.05) is 41.9 Å². The van der Waals surface area contributed by atoms with Gasteiger partial charge in [0.05, 0.1) is 17.6 Å². The molecular weight excluding hydrogens is 282 g/mol. The number of para-hydroxylation sites is 1. The summed E-state index contributed by atoms with van der Waals surface area (Å²) in [6.45, 7) is 0.761. The van der Waals surface area contributed by atoms with Gasteiger partial charge in [-0.2, -0.15) is 5.10 Å². The number of benzene rings is 2. The highest BCUT2D eigenvalue weighted by Gasteiger charge is 2.09. The zero-order chi connectivity index (χ0) is 14.7. The van der Waals surface area contributed by atoms with Crippen LogP contribution in [0, 0.1) is 0 Å². The van der Waals surface area contributed by atoms with Crippen LogP contribution in [0.4, 0.5) is 0 Å². The molecule has 1 heterocycles. The van der Waals surface area contributed by atoms with E-state index in [1.54, 1.807) is 6.20 Å². The van der Waals surface area contributed by atoms with Gasteiger partial charge in [-0.25, -0.2) is 4.68 Å². The van der Waals surface area contributed by atoms with Gasteiger partial charge < -0.3 is 5.32 Å². The van der Waals surface area contributed by atoms with Crippen molar-refractivity contribution in [1.82, 2.24) is 15.1 Å². The van der Waals surface area contributed by atoms with Crippen LogP contribution in [-0.2, 0) is 6.54 Å². The summed E-state index contributed by atoms with van der Waals surface area (Å²) in [5.41, 5.74) is 4.21. The first-order chi connectivity index (χ1) is 10.3. The molecule has 0 saturated carbocycles. The van der Waals surface area contributed by atoms with Gasteiger partial charge in [0.1, 0.15) is 0 Å². The van der Waals surface area contributed by atoms with E-state index in [1.165, 1.54) is 0 Å². The predicted molar refractivity (Wildman–Crippen MR) is 86.8 cm³/mol. The Hall–Kier alpha value is -2.10. The molecule has 0 atom stereocenters. The monoisotopic (exact) mass is 297 g/mol. The molecule has 4 heteroatoms.